The van der Waals surface area contributed by atoms with Gasteiger partial charge in [0.05, 0.1) is 30.7 Å². The smallest absolute Gasteiger partial charge is 0.225 e. The van der Waals surface area contributed by atoms with Crippen molar-refractivity contribution in [2.24, 2.45) is 5.92 Å². The number of hydrogen-bond acceptors (Lipinski definition) is 5. The van der Waals surface area contributed by atoms with Gasteiger partial charge in [0.2, 0.25) is 5.91 Å². The maximum atomic E-state index is 13.0. The van der Waals surface area contributed by atoms with Gasteiger partial charge in [-0.25, -0.2) is 0 Å². The third-order valence-electron chi connectivity index (χ3n) is 5.30. The Morgan fingerprint density at radius 2 is 2.07 bits per heavy atom. The Bertz CT molecular complexity index is 862. The number of carbonyl (C=O) groups is 1. The molecule has 6 nitrogen and oxygen atoms in total. The lowest BCUT2D eigenvalue weighted by Gasteiger charge is -2.41. The summed E-state index contributed by atoms with van der Waals surface area (Å²) in [5.41, 5.74) is 0.786. The highest BCUT2D eigenvalue weighted by molar-refractivity contribution is 7.80. The number of aliphatic hydroxyl groups excluding tert-OH is 2. The molecule has 1 aliphatic heterocycles. The van der Waals surface area contributed by atoms with Crippen molar-refractivity contribution in [3.63, 3.8) is 0 Å². The zero-order valence-electron chi connectivity index (χ0n) is 14.8. The SMILES string of the molecule is O=C(NCc1cccs1)C1CC(O)C(O)C2NC(=S)N(c3ccc(Cl)cc3)C12. The van der Waals surface area contributed by atoms with Crippen LogP contribution in [0, 0.1) is 5.92 Å². The molecule has 28 heavy (non-hydrogen) atoms. The highest BCUT2D eigenvalue weighted by Gasteiger charge is 2.53. The van der Waals surface area contributed by atoms with E-state index in [1.807, 2.05) is 34.5 Å². The first kappa shape index (κ1) is 19.6. The first-order valence-electron chi connectivity index (χ1n) is 8.97. The molecule has 2 heterocycles. The number of fused-ring (bicyclic) bond motifs is 1. The summed E-state index contributed by atoms with van der Waals surface area (Å²) in [6.07, 6.45) is -1.85. The van der Waals surface area contributed by atoms with Gasteiger partial charge in [0.15, 0.2) is 5.11 Å². The summed E-state index contributed by atoms with van der Waals surface area (Å²) in [6.45, 7) is 0.432. The van der Waals surface area contributed by atoms with Gasteiger partial charge in [0.25, 0.3) is 0 Å². The molecule has 9 heteroatoms. The number of thiophene rings is 1. The number of anilines is 1. The van der Waals surface area contributed by atoms with Gasteiger partial charge in [0, 0.05) is 15.6 Å². The van der Waals surface area contributed by atoms with Gasteiger partial charge in [-0.3, -0.25) is 4.79 Å². The minimum atomic E-state index is -1.01. The number of benzene rings is 1. The molecular weight excluding hydrogens is 418 g/mol. The molecule has 4 N–H and O–H groups in total. The molecule has 0 bridgehead atoms. The van der Waals surface area contributed by atoms with Crippen molar-refractivity contribution < 1.29 is 15.0 Å². The lowest BCUT2D eigenvalue weighted by atomic mass is 9.77. The lowest BCUT2D eigenvalue weighted by Crippen LogP contribution is -2.60. The quantitative estimate of drug-likeness (QED) is 0.547. The summed E-state index contributed by atoms with van der Waals surface area (Å²) < 4.78 is 0. The number of amides is 1. The molecule has 1 aromatic heterocycles. The molecule has 0 spiro atoms. The molecule has 2 aromatic rings. The van der Waals surface area contributed by atoms with Gasteiger partial charge in [-0.2, -0.15) is 0 Å². The Morgan fingerprint density at radius 3 is 2.75 bits per heavy atom. The Labute approximate surface area is 177 Å². The van der Waals surface area contributed by atoms with Crippen molar-refractivity contribution in [2.45, 2.75) is 37.3 Å². The van der Waals surface area contributed by atoms with E-state index in [4.69, 9.17) is 23.8 Å². The summed E-state index contributed by atoms with van der Waals surface area (Å²) in [6, 6.07) is 10.1. The predicted molar refractivity (Wildman–Crippen MR) is 114 cm³/mol. The standard InChI is InChI=1S/C19H20ClN3O3S2/c20-10-3-5-11(6-4-10)23-16-13(18(26)21-9-12-2-1-7-28-12)8-14(24)17(25)15(16)22-19(23)27/h1-7,13-17,24-25H,8-9H2,(H,21,26)(H,22,27). The van der Waals surface area contributed by atoms with Crippen LogP contribution in [0.25, 0.3) is 0 Å². The molecule has 1 amide bonds. The Hall–Kier alpha value is -1.71. The molecule has 0 radical (unpaired) electrons. The largest absolute Gasteiger partial charge is 0.390 e. The fraction of sp³-hybridized carbons (Fsp3) is 0.368. The van der Waals surface area contributed by atoms with Gasteiger partial charge in [0.1, 0.15) is 6.10 Å². The summed E-state index contributed by atoms with van der Waals surface area (Å²) in [5, 5.41) is 29.9. The molecule has 2 fully saturated rings. The van der Waals surface area contributed by atoms with Crippen LogP contribution in [0.5, 0.6) is 0 Å². The number of nitrogens with zero attached hydrogens (tertiary/aromatic N) is 1. The van der Waals surface area contributed by atoms with E-state index in [-0.39, 0.29) is 12.3 Å². The van der Waals surface area contributed by atoms with Crippen molar-refractivity contribution >= 4 is 51.9 Å². The third-order valence-corrected chi connectivity index (χ3v) is 6.75. The van der Waals surface area contributed by atoms with Crippen LogP contribution in [0.4, 0.5) is 5.69 Å². The van der Waals surface area contributed by atoms with E-state index in [1.54, 1.807) is 23.5 Å². The van der Waals surface area contributed by atoms with Crippen molar-refractivity contribution in [3.05, 3.63) is 51.7 Å². The van der Waals surface area contributed by atoms with Gasteiger partial charge in [-0.05, 0) is 54.4 Å². The van der Waals surface area contributed by atoms with E-state index in [2.05, 4.69) is 10.6 Å². The van der Waals surface area contributed by atoms with Crippen LogP contribution in [0.2, 0.25) is 5.02 Å². The summed E-state index contributed by atoms with van der Waals surface area (Å²) in [4.78, 5) is 15.9. The summed E-state index contributed by atoms with van der Waals surface area (Å²) in [7, 11) is 0. The fourth-order valence-corrected chi connectivity index (χ4v) is 5.09. The van der Waals surface area contributed by atoms with E-state index in [0.29, 0.717) is 16.7 Å². The van der Waals surface area contributed by atoms with Crippen LogP contribution in [-0.4, -0.2) is 45.5 Å². The van der Waals surface area contributed by atoms with E-state index >= 15 is 0 Å². The van der Waals surface area contributed by atoms with Gasteiger partial charge < -0.3 is 25.7 Å². The summed E-state index contributed by atoms with van der Waals surface area (Å²) >= 11 is 13.1. The number of rotatable bonds is 4. The number of carbonyl (C=O) groups excluding carboxylic acids is 1. The first-order valence-corrected chi connectivity index (χ1v) is 10.6. The maximum absolute atomic E-state index is 13.0. The minimum absolute atomic E-state index is 0.160. The second-order valence-electron chi connectivity index (χ2n) is 7.01. The van der Waals surface area contributed by atoms with Crippen LogP contribution in [-0.2, 0) is 11.3 Å². The van der Waals surface area contributed by atoms with Gasteiger partial charge in [-0.1, -0.05) is 17.7 Å². The molecule has 1 saturated carbocycles. The molecule has 148 valence electrons. The number of nitrogens with one attached hydrogen (secondary N) is 2. The minimum Gasteiger partial charge on any atom is -0.390 e. The Balaban J connectivity index is 1.61. The van der Waals surface area contributed by atoms with Gasteiger partial charge >= 0.3 is 0 Å². The first-order chi connectivity index (χ1) is 13.5. The molecule has 4 rings (SSSR count). The molecule has 1 aliphatic carbocycles. The Kier molecular flexibility index (Phi) is 5.57. The van der Waals surface area contributed by atoms with Gasteiger partial charge in [-0.15, -0.1) is 11.3 Å². The average Bonchev–Trinajstić information content (AvgIpc) is 3.31. The van der Waals surface area contributed by atoms with Crippen LogP contribution < -0.4 is 15.5 Å². The zero-order valence-corrected chi connectivity index (χ0v) is 17.2. The van der Waals surface area contributed by atoms with E-state index in [0.717, 1.165) is 10.6 Å². The molecule has 5 atom stereocenters. The molecule has 1 aromatic carbocycles. The second-order valence-corrected chi connectivity index (χ2v) is 8.86. The van der Waals surface area contributed by atoms with Crippen molar-refractivity contribution in [1.29, 1.82) is 0 Å². The van der Waals surface area contributed by atoms with E-state index < -0.39 is 30.2 Å². The Morgan fingerprint density at radius 1 is 1.32 bits per heavy atom. The van der Waals surface area contributed by atoms with Crippen LogP contribution in [0.1, 0.15) is 11.3 Å². The number of aliphatic hydroxyl groups is 2. The normalized spacial score (nSPS) is 29.3. The highest BCUT2D eigenvalue weighted by atomic mass is 35.5. The van der Waals surface area contributed by atoms with E-state index in [1.165, 1.54) is 0 Å². The second kappa shape index (κ2) is 7.96. The lowest BCUT2D eigenvalue weighted by molar-refractivity contribution is -0.131. The number of halogens is 1. The van der Waals surface area contributed by atoms with Crippen LogP contribution in [0.15, 0.2) is 41.8 Å². The fourth-order valence-electron chi connectivity index (χ4n) is 3.96. The third kappa shape index (κ3) is 3.62. The maximum Gasteiger partial charge on any atom is 0.225 e. The molecule has 2 aliphatic rings. The highest BCUT2D eigenvalue weighted by Crippen LogP contribution is 2.37. The van der Waals surface area contributed by atoms with Crippen molar-refractivity contribution in [1.82, 2.24) is 10.6 Å². The molecular formula is C19H20ClN3O3S2. The van der Waals surface area contributed by atoms with Crippen LogP contribution in [0.3, 0.4) is 0 Å². The van der Waals surface area contributed by atoms with Crippen LogP contribution >= 0.6 is 35.2 Å². The molecule has 5 unspecified atom stereocenters. The van der Waals surface area contributed by atoms with Crippen molar-refractivity contribution in [3.8, 4) is 0 Å². The molecule has 1 saturated heterocycles. The number of hydrogen-bond donors (Lipinski definition) is 4. The van der Waals surface area contributed by atoms with E-state index in [9.17, 15) is 15.0 Å². The monoisotopic (exact) mass is 437 g/mol. The zero-order chi connectivity index (χ0) is 19.8. The number of thiocarbonyl (C=S) groups is 1. The summed E-state index contributed by atoms with van der Waals surface area (Å²) in [5.74, 6) is -0.702. The predicted octanol–water partition coefficient (Wildman–Crippen LogP) is 1.89. The topological polar surface area (TPSA) is 84.8 Å². The van der Waals surface area contributed by atoms with Crippen molar-refractivity contribution in [2.75, 3.05) is 4.90 Å². The average molecular weight is 438 g/mol.